The molecule has 2 N–H and O–H groups in total. The Morgan fingerprint density at radius 3 is 2.74 bits per heavy atom. The van der Waals surface area contributed by atoms with Gasteiger partial charge in [0.25, 0.3) is 0 Å². The summed E-state index contributed by atoms with van der Waals surface area (Å²) < 4.78 is 26.0. The molecule has 1 aliphatic heterocycles. The van der Waals surface area contributed by atoms with E-state index in [1.54, 1.807) is 14.0 Å². The topological polar surface area (TPSA) is 82.5 Å². The molecule has 1 aliphatic rings. The zero-order valence-electron chi connectivity index (χ0n) is 10.7. The van der Waals surface area contributed by atoms with Crippen LogP contribution in [0.3, 0.4) is 0 Å². The van der Waals surface area contributed by atoms with Crippen LogP contribution in [0.25, 0.3) is 0 Å². The Kier molecular flexibility index (Phi) is 3.74. The summed E-state index contributed by atoms with van der Waals surface area (Å²) >= 11 is 5.94. The summed E-state index contributed by atoms with van der Waals surface area (Å²) in [6.07, 6.45) is 1.68. The second-order valence-corrected chi connectivity index (χ2v) is 7.18. The fourth-order valence-electron chi connectivity index (χ4n) is 2.00. The Balaban J connectivity index is 2.33. The van der Waals surface area contributed by atoms with Crippen LogP contribution in [-0.2, 0) is 10.0 Å². The van der Waals surface area contributed by atoms with Crippen LogP contribution in [0.1, 0.15) is 13.3 Å². The molecule has 0 saturated carbocycles. The van der Waals surface area contributed by atoms with Gasteiger partial charge in [-0.3, -0.25) is 0 Å². The number of hydrogen-bond acceptors (Lipinski definition) is 5. The maximum absolute atomic E-state index is 12.4. The summed E-state index contributed by atoms with van der Waals surface area (Å²) in [6, 6.07) is 1.36. The van der Waals surface area contributed by atoms with Crippen LogP contribution in [0.15, 0.2) is 17.2 Å². The molecule has 2 rings (SSSR count). The summed E-state index contributed by atoms with van der Waals surface area (Å²) in [5.41, 5.74) is -0.977. The minimum absolute atomic E-state index is 0.0363. The fourth-order valence-corrected chi connectivity index (χ4v) is 3.86. The molecule has 1 saturated heterocycles. The third kappa shape index (κ3) is 2.84. The van der Waals surface area contributed by atoms with Crippen molar-refractivity contribution >= 4 is 27.4 Å². The van der Waals surface area contributed by atoms with E-state index in [-0.39, 0.29) is 16.5 Å². The van der Waals surface area contributed by atoms with Gasteiger partial charge < -0.3 is 10.4 Å². The number of rotatable bonds is 3. The number of hydrogen-bond donors (Lipinski definition) is 2. The Morgan fingerprint density at radius 2 is 2.26 bits per heavy atom. The van der Waals surface area contributed by atoms with E-state index in [2.05, 4.69) is 10.3 Å². The minimum atomic E-state index is -3.66. The monoisotopic (exact) mass is 305 g/mol. The van der Waals surface area contributed by atoms with Gasteiger partial charge in [0.15, 0.2) is 0 Å². The molecule has 1 fully saturated rings. The Hall–Kier alpha value is -0.890. The molecular weight excluding hydrogens is 290 g/mol. The highest BCUT2D eigenvalue weighted by atomic mass is 35.5. The van der Waals surface area contributed by atoms with E-state index < -0.39 is 15.6 Å². The number of halogens is 1. The predicted molar refractivity (Wildman–Crippen MR) is 72.8 cm³/mol. The molecule has 1 atom stereocenters. The number of pyridine rings is 1. The average molecular weight is 306 g/mol. The molecule has 0 bridgehead atoms. The fraction of sp³-hybridized carbons (Fsp3) is 0.545. The first-order chi connectivity index (χ1) is 8.76. The molecule has 1 unspecified atom stereocenters. The molecule has 0 aliphatic carbocycles. The zero-order valence-corrected chi connectivity index (χ0v) is 12.3. The van der Waals surface area contributed by atoms with Crippen molar-refractivity contribution in [2.24, 2.45) is 0 Å². The summed E-state index contributed by atoms with van der Waals surface area (Å²) in [4.78, 5) is 4.00. The lowest BCUT2D eigenvalue weighted by Crippen LogP contribution is -2.34. The van der Waals surface area contributed by atoms with Gasteiger partial charge in [0, 0.05) is 26.3 Å². The standard InChI is InChI=1S/C11H16ClN3O3S/c1-11(16)3-4-15(7-11)19(17,18)8-5-9(12)10(13-2)14-6-8/h5-6,16H,3-4,7H2,1-2H3,(H,13,14). The average Bonchev–Trinajstić information content (AvgIpc) is 2.70. The van der Waals surface area contributed by atoms with Gasteiger partial charge in [0.2, 0.25) is 10.0 Å². The first kappa shape index (κ1) is 14.5. The molecule has 0 radical (unpaired) electrons. The minimum Gasteiger partial charge on any atom is -0.389 e. The maximum atomic E-state index is 12.4. The van der Waals surface area contributed by atoms with Crippen molar-refractivity contribution in [2.75, 3.05) is 25.5 Å². The van der Waals surface area contributed by atoms with Crippen LogP contribution in [0.2, 0.25) is 5.02 Å². The van der Waals surface area contributed by atoms with Crippen LogP contribution in [0, 0.1) is 0 Å². The van der Waals surface area contributed by atoms with Crippen LogP contribution in [0.5, 0.6) is 0 Å². The number of sulfonamides is 1. The highest BCUT2D eigenvalue weighted by Gasteiger charge is 2.38. The third-order valence-electron chi connectivity index (χ3n) is 3.11. The molecule has 1 aromatic rings. The van der Waals surface area contributed by atoms with Gasteiger partial charge in [-0.1, -0.05) is 11.6 Å². The van der Waals surface area contributed by atoms with E-state index >= 15 is 0 Å². The molecule has 0 amide bonds. The maximum Gasteiger partial charge on any atom is 0.244 e. The van der Waals surface area contributed by atoms with Crippen molar-refractivity contribution in [1.82, 2.24) is 9.29 Å². The molecule has 1 aromatic heterocycles. The third-order valence-corrected chi connectivity index (χ3v) is 5.21. The lowest BCUT2D eigenvalue weighted by molar-refractivity contribution is 0.0762. The van der Waals surface area contributed by atoms with Gasteiger partial charge in [0.1, 0.15) is 10.7 Å². The number of β-amino-alcohol motifs (C(OH)–C–C–N with tert-alkyl or cyclic N) is 1. The van der Waals surface area contributed by atoms with Crippen molar-refractivity contribution in [1.29, 1.82) is 0 Å². The van der Waals surface area contributed by atoms with Crippen LogP contribution >= 0.6 is 11.6 Å². The first-order valence-corrected chi connectivity index (χ1v) is 7.64. The number of nitrogens with zero attached hydrogens (tertiary/aromatic N) is 2. The van der Waals surface area contributed by atoms with E-state index in [0.29, 0.717) is 18.8 Å². The van der Waals surface area contributed by atoms with E-state index in [1.165, 1.54) is 16.6 Å². The molecule has 0 aromatic carbocycles. The molecule has 6 nitrogen and oxygen atoms in total. The van der Waals surface area contributed by atoms with Crippen LogP contribution in [0.4, 0.5) is 5.82 Å². The van der Waals surface area contributed by atoms with Gasteiger partial charge in [-0.15, -0.1) is 0 Å². The summed E-state index contributed by atoms with van der Waals surface area (Å²) in [7, 11) is -2.01. The second-order valence-electron chi connectivity index (χ2n) is 4.84. The smallest absolute Gasteiger partial charge is 0.244 e. The molecule has 2 heterocycles. The number of aliphatic hydroxyl groups is 1. The molecule has 106 valence electrons. The second kappa shape index (κ2) is 4.90. The molecule has 8 heteroatoms. The van der Waals surface area contributed by atoms with Crippen LogP contribution in [-0.4, -0.2) is 48.6 Å². The largest absolute Gasteiger partial charge is 0.389 e. The normalized spacial score (nSPS) is 24.6. The predicted octanol–water partition coefficient (Wildman–Crippen LogP) is 0.922. The van der Waals surface area contributed by atoms with Crippen molar-refractivity contribution < 1.29 is 13.5 Å². The quantitative estimate of drug-likeness (QED) is 0.868. The van der Waals surface area contributed by atoms with Gasteiger partial charge >= 0.3 is 0 Å². The lowest BCUT2D eigenvalue weighted by Gasteiger charge is -2.19. The summed E-state index contributed by atoms with van der Waals surface area (Å²) in [6.45, 7) is 2.00. The first-order valence-electron chi connectivity index (χ1n) is 5.82. The number of aromatic nitrogens is 1. The Labute approximate surface area is 117 Å². The van der Waals surface area contributed by atoms with E-state index in [9.17, 15) is 13.5 Å². The van der Waals surface area contributed by atoms with Gasteiger partial charge in [-0.25, -0.2) is 13.4 Å². The van der Waals surface area contributed by atoms with Crippen molar-refractivity contribution in [3.63, 3.8) is 0 Å². The van der Waals surface area contributed by atoms with Crippen molar-refractivity contribution in [3.8, 4) is 0 Å². The summed E-state index contributed by atoms with van der Waals surface area (Å²) in [5.74, 6) is 0.425. The summed E-state index contributed by atoms with van der Waals surface area (Å²) in [5, 5.41) is 12.9. The molecular formula is C11H16ClN3O3S. The van der Waals surface area contributed by atoms with Crippen molar-refractivity contribution in [2.45, 2.75) is 23.8 Å². The number of anilines is 1. The SMILES string of the molecule is CNc1ncc(S(=O)(=O)N2CCC(C)(O)C2)cc1Cl. The van der Waals surface area contributed by atoms with E-state index in [1.807, 2.05) is 0 Å². The Bertz CT molecular complexity index is 589. The highest BCUT2D eigenvalue weighted by Crippen LogP contribution is 2.29. The Morgan fingerprint density at radius 1 is 1.58 bits per heavy atom. The van der Waals surface area contributed by atoms with Crippen LogP contribution < -0.4 is 5.32 Å². The van der Waals surface area contributed by atoms with E-state index in [4.69, 9.17) is 11.6 Å². The zero-order chi connectivity index (χ0) is 14.3. The molecule has 19 heavy (non-hydrogen) atoms. The van der Waals surface area contributed by atoms with Crippen molar-refractivity contribution in [3.05, 3.63) is 17.3 Å². The number of nitrogens with one attached hydrogen (secondary N) is 1. The van der Waals surface area contributed by atoms with Gasteiger partial charge in [0.05, 0.1) is 10.6 Å². The highest BCUT2D eigenvalue weighted by molar-refractivity contribution is 7.89. The molecule has 0 spiro atoms. The van der Waals surface area contributed by atoms with E-state index in [0.717, 1.165) is 0 Å². The van der Waals surface area contributed by atoms with Gasteiger partial charge in [-0.05, 0) is 19.4 Å². The van der Waals surface area contributed by atoms with Gasteiger partial charge in [-0.2, -0.15) is 4.31 Å². The lowest BCUT2D eigenvalue weighted by atomic mass is 10.1.